The third-order valence-corrected chi connectivity index (χ3v) is 5.24. The van der Waals surface area contributed by atoms with E-state index in [0.717, 1.165) is 24.3 Å². The van der Waals surface area contributed by atoms with Crippen LogP contribution in [0.1, 0.15) is 18.9 Å². The Balaban J connectivity index is 1.72. The van der Waals surface area contributed by atoms with Gasteiger partial charge in [0.1, 0.15) is 17.2 Å². The lowest BCUT2D eigenvalue weighted by atomic mass is 9.85. The van der Waals surface area contributed by atoms with Gasteiger partial charge in [0.2, 0.25) is 5.91 Å². The van der Waals surface area contributed by atoms with Crippen LogP contribution in [-0.2, 0) is 11.3 Å². The second-order valence-electron chi connectivity index (χ2n) is 6.81. The van der Waals surface area contributed by atoms with E-state index in [1.807, 2.05) is 31.2 Å². The van der Waals surface area contributed by atoms with Crippen molar-refractivity contribution in [1.82, 2.24) is 4.90 Å². The molecule has 0 saturated carbocycles. The highest BCUT2D eigenvalue weighted by Gasteiger charge is 2.46. The molecule has 6 heteroatoms. The fraction of sp³-hybridized carbons (Fsp3) is 0.381. The van der Waals surface area contributed by atoms with Gasteiger partial charge < -0.3 is 19.5 Å². The number of carbonyl (C=O) groups is 1. The molecule has 0 aromatic heterocycles. The molecule has 1 aliphatic heterocycles. The number of likely N-dealkylation sites (tertiary alicyclic amines) is 1. The summed E-state index contributed by atoms with van der Waals surface area (Å²) in [6.45, 7) is 3.57. The zero-order valence-corrected chi connectivity index (χ0v) is 16.2. The number of hydrogen-bond acceptors (Lipinski definition) is 5. The van der Waals surface area contributed by atoms with Gasteiger partial charge >= 0.3 is 0 Å². The van der Waals surface area contributed by atoms with Crippen molar-refractivity contribution in [2.24, 2.45) is 0 Å². The second-order valence-corrected chi connectivity index (χ2v) is 6.81. The molecule has 1 fully saturated rings. The molecule has 1 heterocycles. The normalized spacial score (nSPS) is 19.1. The third-order valence-electron chi connectivity index (χ3n) is 5.24. The van der Waals surface area contributed by atoms with Gasteiger partial charge in [-0.05, 0) is 43.2 Å². The molecule has 144 valence electrons. The van der Waals surface area contributed by atoms with Gasteiger partial charge in [0.05, 0.1) is 32.6 Å². The SMILES string of the molecule is COc1ccc(CN2CCC2(C)C(=O)Nc2cc(OC)ccc2OC)cc1. The molecule has 1 aliphatic rings. The number of methoxy groups -OCH3 is 3. The Bertz CT molecular complexity index is 806. The number of amides is 1. The first kappa shape index (κ1) is 19.0. The number of benzene rings is 2. The number of hydrogen-bond donors (Lipinski definition) is 1. The molecule has 27 heavy (non-hydrogen) atoms. The van der Waals surface area contributed by atoms with Gasteiger partial charge in [-0.2, -0.15) is 0 Å². The van der Waals surface area contributed by atoms with Crippen molar-refractivity contribution in [3.63, 3.8) is 0 Å². The first-order valence-corrected chi connectivity index (χ1v) is 8.91. The largest absolute Gasteiger partial charge is 0.497 e. The molecule has 1 amide bonds. The molecule has 1 saturated heterocycles. The Morgan fingerprint density at radius 2 is 1.70 bits per heavy atom. The third kappa shape index (κ3) is 3.85. The summed E-state index contributed by atoms with van der Waals surface area (Å²) >= 11 is 0. The van der Waals surface area contributed by atoms with Crippen LogP contribution in [0.2, 0.25) is 0 Å². The van der Waals surface area contributed by atoms with Gasteiger partial charge in [-0.1, -0.05) is 12.1 Å². The lowest BCUT2D eigenvalue weighted by Gasteiger charge is -2.49. The summed E-state index contributed by atoms with van der Waals surface area (Å²) in [5, 5.41) is 3.01. The fourth-order valence-electron chi connectivity index (χ4n) is 3.24. The molecule has 0 radical (unpaired) electrons. The zero-order valence-electron chi connectivity index (χ0n) is 16.2. The van der Waals surface area contributed by atoms with Crippen LogP contribution in [0.5, 0.6) is 17.2 Å². The van der Waals surface area contributed by atoms with E-state index < -0.39 is 5.54 Å². The minimum atomic E-state index is -0.561. The first-order chi connectivity index (χ1) is 13.0. The Kier molecular flexibility index (Phi) is 5.56. The maximum Gasteiger partial charge on any atom is 0.244 e. The van der Waals surface area contributed by atoms with E-state index in [0.29, 0.717) is 23.7 Å². The van der Waals surface area contributed by atoms with Crippen LogP contribution in [0.15, 0.2) is 42.5 Å². The predicted molar refractivity (Wildman–Crippen MR) is 105 cm³/mol. The number of nitrogens with zero attached hydrogens (tertiary/aromatic N) is 1. The molecule has 3 rings (SSSR count). The molecular formula is C21H26N2O4. The number of anilines is 1. The maximum absolute atomic E-state index is 13.0. The summed E-state index contributed by atoms with van der Waals surface area (Å²) in [5.74, 6) is 2.05. The summed E-state index contributed by atoms with van der Waals surface area (Å²) in [5.41, 5.74) is 1.20. The van der Waals surface area contributed by atoms with Crippen LogP contribution < -0.4 is 19.5 Å². The zero-order chi connectivity index (χ0) is 19.4. The van der Waals surface area contributed by atoms with Crippen LogP contribution >= 0.6 is 0 Å². The van der Waals surface area contributed by atoms with Crippen molar-refractivity contribution >= 4 is 11.6 Å². The molecule has 0 spiro atoms. The van der Waals surface area contributed by atoms with Gasteiger partial charge in [-0.25, -0.2) is 0 Å². The monoisotopic (exact) mass is 370 g/mol. The Morgan fingerprint density at radius 1 is 1.04 bits per heavy atom. The number of nitrogens with one attached hydrogen (secondary N) is 1. The molecule has 2 aromatic rings. The summed E-state index contributed by atoms with van der Waals surface area (Å²) in [4.78, 5) is 15.2. The van der Waals surface area contributed by atoms with Crippen LogP contribution in [0.4, 0.5) is 5.69 Å². The highest BCUT2D eigenvalue weighted by Crippen LogP contribution is 2.35. The van der Waals surface area contributed by atoms with Gasteiger partial charge in [0, 0.05) is 19.2 Å². The molecule has 1 N–H and O–H groups in total. The number of ether oxygens (including phenoxy) is 3. The average molecular weight is 370 g/mol. The van der Waals surface area contributed by atoms with Crippen LogP contribution in [0.25, 0.3) is 0 Å². The number of rotatable bonds is 7. The highest BCUT2D eigenvalue weighted by atomic mass is 16.5. The van der Waals surface area contributed by atoms with Gasteiger partial charge in [0.25, 0.3) is 0 Å². The Labute approximate surface area is 160 Å². The molecule has 0 aliphatic carbocycles. The number of carbonyl (C=O) groups excluding carboxylic acids is 1. The summed E-state index contributed by atoms with van der Waals surface area (Å²) < 4.78 is 15.8. The predicted octanol–water partition coefficient (Wildman–Crippen LogP) is 3.32. The molecule has 2 aromatic carbocycles. The minimum Gasteiger partial charge on any atom is -0.497 e. The molecular weight excluding hydrogens is 344 g/mol. The van der Waals surface area contributed by atoms with E-state index >= 15 is 0 Å². The maximum atomic E-state index is 13.0. The van der Waals surface area contributed by atoms with Crippen LogP contribution in [0, 0.1) is 0 Å². The van der Waals surface area contributed by atoms with Crippen LogP contribution in [0.3, 0.4) is 0 Å². The molecule has 6 nitrogen and oxygen atoms in total. The second kappa shape index (κ2) is 7.88. The molecule has 0 bridgehead atoms. The summed E-state index contributed by atoms with van der Waals surface area (Å²) in [6.07, 6.45) is 0.807. The topological polar surface area (TPSA) is 60.0 Å². The average Bonchev–Trinajstić information content (AvgIpc) is 2.70. The van der Waals surface area contributed by atoms with Crippen molar-refractivity contribution in [1.29, 1.82) is 0 Å². The van der Waals surface area contributed by atoms with E-state index in [1.165, 1.54) is 0 Å². The van der Waals surface area contributed by atoms with Gasteiger partial charge in [0.15, 0.2) is 0 Å². The minimum absolute atomic E-state index is 0.0474. The van der Waals surface area contributed by atoms with Crippen molar-refractivity contribution in [3.05, 3.63) is 48.0 Å². The first-order valence-electron chi connectivity index (χ1n) is 8.91. The van der Waals surface area contributed by atoms with Crippen LogP contribution in [-0.4, -0.2) is 44.2 Å². The van der Waals surface area contributed by atoms with Crippen molar-refractivity contribution in [2.45, 2.75) is 25.4 Å². The van der Waals surface area contributed by atoms with E-state index in [1.54, 1.807) is 39.5 Å². The van der Waals surface area contributed by atoms with E-state index in [4.69, 9.17) is 14.2 Å². The fourth-order valence-corrected chi connectivity index (χ4v) is 3.24. The molecule has 1 atom stereocenters. The standard InChI is InChI=1S/C21H26N2O4/c1-21(11-12-23(21)14-15-5-7-16(25-2)8-6-15)20(24)22-18-13-17(26-3)9-10-19(18)27-4/h5-10,13H,11-12,14H2,1-4H3,(H,22,24). The Hall–Kier alpha value is -2.73. The lowest BCUT2D eigenvalue weighted by Crippen LogP contribution is -2.63. The smallest absolute Gasteiger partial charge is 0.244 e. The van der Waals surface area contributed by atoms with E-state index in [2.05, 4.69) is 10.2 Å². The highest BCUT2D eigenvalue weighted by molar-refractivity contribution is 5.99. The van der Waals surface area contributed by atoms with Gasteiger partial charge in [-0.3, -0.25) is 9.69 Å². The molecule has 1 unspecified atom stereocenters. The van der Waals surface area contributed by atoms with Gasteiger partial charge in [-0.15, -0.1) is 0 Å². The van der Waals surface area contributed by atoms with Crippen molar-refractivity contribution in [3.8, 4) is 17.2 Å². The van der Waals surface area contributed by atoms with E-state index in [-0.39, 0.29) is 5.91 Å². The van der Waals surface area contributed by atoms with E-state index in [9.17, 15) is 4.79 Å². The van der Waals surface area contributed by atoms with Crippen molar-refractivity contribution in [2.75, 3.05) is 33.2 Å². The lowest BCUT2D eigenvalue weighted by molar-refractivity contribution is -0.136. The summed E-state index contributed by atoms with van der Waals surface area (Å²) in [6, 6.07) is 13.3. The quantitative estimate of drug-likeness (QED) is 0.810. The summed E-state index contributed by atoms with van der Waals surface area (Å²) in [7, 11) is 4.83. The Morgan fingerprint density at radius 3 is 2.26 bits per heavy atom. The van der Waals surface area contributed by atoms with Crippen molar-refractivity contribution < 1.29 is 19.0 Å².